The van der Waals surface area contributed by atoms with Crippen LogP contribution >= 0.6 is 0 Å². The summed E-state index contributed by atoms with van der Waals surface area (Å²) in [6, 6.07) is 12.4. The van der Waals surface area contributed by atoms with Crippen molar-refractivity contribution in [1.82, 2.24) is 14.9 Å². The number of hydrogen-bond acceptors (Lipinski definition) is 3. The topological polar surface area (TPSA) is 46.1 Å². The summed E-state index contributed by atoms with van der Waals surface area (Å²) in [7, 11) is 0. The molecule has 4 heteroatoms. The van der Waals surface area contributed by atoms with Gasteiger partial charge in [0.15, 0.2) is 0 Å². The van der Waals surface area contributed by atoms with Gasteiger partial charge < -0.3 is 4.90 Å². The number of piperidine rings is 1. The normalized spacial score (nSPS) is 21.5. The Morgan fingerprint density at radius 3 is 2.88 bits per heavy atom. The van der Waals surface area contributed by atoms with Gasteiger partial charge in [-0.3, -0.25) is 14.8 Å². The van der Waals surface area contributed by atoms with Crippen molar-refractivity contribution in [3.05, 3.63) is 59.9 Å². The molecule has 5 rings (SSSR count). The van der Waals surface area contributed by atoms with E-state index in [0.29, 0.717) is 17.5 Å². The maximum atomic E-state index is 13.2. The quantitative estimate of drug-likeness (QED) is 0.699. The number of benzene rings is 1. The molecule has 1 aliphatic heterocycles. The lowest BCUT2D eigenvalue weighted by Gasteiger charge is -2.27. The van der Waals surface area contributed by atoms with Crippen LogP contribution in [0, 0.1) is 12.8 Å². The predicted octanol–water partition coefficient (Wildman–Crippen LogP) is 4.23. The fraction of sp³-hybridized carbons (Fsp3) is 0.318. The Labute approximate surface area is 152 Å². The van der Waals surface area contributed by atoms with Crippen LogP contribution in [-0.4, -0.2) is 33.4 Å². The molecule has 1 saturated heterocycles. The van der Waals surface area contributed by atoms with Crippen LogP contribution in [-0.2, 0) is 0 Å². The van der Waals surface area contributed by atoms with Crippen LogP contribution in [0.15, 0.2) is 48.8 Å². The number of aryl methyl sites for hydroxylation is 1. The van der Waals surface area contributed by atoms with Crippen molar-refractivity contribution >= 4 is 16.8 Å². The Bertz CT molecular complexity index is 1010. The molecule has 2 bridgehead atoms. The van der Waals surface area contributed by atoms with Crippen LogP contribution in [0.1, 0.15) is 35.2 Å². The van der Waals surface area contributed by atoms with Gasteiger partial charge in [0, 0.05) is 35.9 Å². The van der Waals surface area contributed by atoms with Gasteiger partial charge >= 0.3 is 0 Å². The molecule has 130 valence electrons. The number of pyridine rings is 2. The van der Waals surface area contributed by atoms with E-state index in [-0.39, 0.29) is 5.91 Å². The molecule has 26 heavy (non-hydrogen) atoms. The number of fused-ring (bicyclic) bond motifs is 3. The second-order valence-corrected chi connectivity index (χ2v) is 7.56. The van der Waals surface area contributed by atoms with E-state index in [1.165, 1.54) is 6.42 Å². The highest BCUT2D eigenvalue weighted by Crippen LogP contribution is 2.38. The lowest BCUT2D eigenvalue weighted by molar-refractivity contribution is 0.0704. The van der Waals surface area contributed by atoms with Gasteiger partial charge in [-0.1, -0.05) is 18.2 Å². The highest BCUT2D eigenvalue weighted by atomic mass is 16.2. The van der Waals surface area contributed by atoms with Crippen molar-refractivity contribution in [1.29, 1.82) is 0 Å². The maximum absolute atomic E-state index is 13.2. The van der Waals surface area contributed by atoms with Crippen molar-refractivity contribution in [3.63, 3.8) is 0 Å². The van der Waals surface area contributed by atoms with Gasteiger partial charge in [-0.2, -0.15) is 0 Å². The SMILES string of the molecule is Cc1cccc2cc(-c3ncccc3C(=O)N3C[C@H]4CC[C@@H]3C4)cnc12. The van der Waals surface area contributed by atoms with Gasteiger partial charge in [0.05, 0.1) is 16.8 Å². The largest absolute Gasteiger partial charge is 0.335 e. The van der Waals surface area contributed by atoms with Crippen molar-refractivity contribution in [2.75, 3.05) is 6.54 Å². The monoisotopic (exact) mass is 343 g/mol. The number of carbonyl (C=O) groups is 1. The third-order valence-corrected chi connectivity index (χ3v) is 5.89. The van der Waals surface area contributed by atoms with E-state index < -0.39 is 0 Å². The van der Waals surface area contributed by atoms with Crippen molar-refractivity contribution < 1.29 is 4.79 Å². The standard InChI is InChI=1S/C22H21N3O/c1-14-4-2-5-16-11-17(12-24-20(14)16)21-19(6-3-9-23-21)22(26)25-13-15-7-8-18(25)10-15/h2-6,9,11-12,15,18H,7-8,10,13H2,1H3/t15-,18+/m0/s1. The van der Waals surface area contributed by atoms with Gasteiger partial charge in [-0.25, -0.2) is 0 Å². The third-order valence-electron chi connectivity index (χ3n) is 5.89. The molecule has 2 atom stereocenters. The van der Waals surface area contributed by atoms with Gasteiger partial charge in [0.2, 0.25) is 0 Å². The Balaban J connectivity index is 1.57. The molecule has 1 aromatic carbocycles. The summed E-state index contributed by atoms with van der Waals surface area (Å²) in [5, 5.41) is 1.08. The zero-order valence-electron chi connectivity index (χ0n) is 14.9. The van der Waals surface area contributed by atoms with E-state index in [9.17, 15) is 4.79 Å². The molecule has 1 aliphatic carbocycles. The molecule has 2 aromatic heterocycles. The third kappa shape index (κ3) is 2.40. The molecule has 1 saturated carbocycles. The highest BCUT2D eigenvalue weighted by molar-refractivity contribution is 6.01. The van der Waals surface area contributed by atoms with Gasteiger partial charge in [0.1, 0.15) is 0 Å². The summed E-state index contributed by atoms with van der Waals surface area (Å²) < 4.78 is 0. The van der Waals surface area contributed by atoms with E-state index >= 15 is 0 Å². The second-order valence-electron chi connectivity index (χ2n) is 7.56. The zero-order chi connectivity index (χ0) is 17.7. The first-order valence-electron chi connectivity index (χ1n) is 9.32. The predicted molar refractivity (Wildman–Crippen MR) is 102 cm³/mol. The molecule has 1 amide bonds. The molecule has 0 radical (unpaired) electrons. The Kier molecular flexibility index (Phi) is 3.52. The number of carbonyl (C=O) groups excluding carboxylic acids is 1. The van der Waals surface area contributed by atoms with E-state index in [1.54, 1.807) is 6.20 Å². The van der Waals surface area contributed by atoms with Crippen molar-refractivity contribution in [2.24, 2.45) is 5.92 Å². The van der Waals surface area contributed by atoms with Gasteiger partial charge in [-0.05, 0) is 55.9 Å². The van der Waals surface area contributed by atoms with Crippen LogP contribution in [0.4, 0.5) is 0 Å². The molecule has 2 fully saturated rings. The summed E-state index contributed by atoms with van der Waals surface area (Å²) in [4.78, 5) is 24.5. The van der Waals surface area contributed by atoms with E-state index in [2.05, 4.69) is 40.0 Å². The summed E-state index contributed by atoms with van der Waals surface area (Å²) in [6.45, 7) is 2.96. The first kappa shape index (κ1) is 15.5. The van der Waals surface area contributed by atoms with E-state index in [1.807, 2.05) is 24.4 Å². The van der Waals surface area contributed by atoms with Crippen molar-refractivity contribution in [3.8, 4) is 11.3 Å². The molecular weight excluding hydrogens is 322 g/mol. The summed E-state index contributed by atoms with van der Waals surface area (Å²) in [6.07, 6.45) is 7.16. The molecule has 0 N–H and O–H groups in total. The number of rotatable bonds is 2. The van der Waals surface area contributed by atoms with Crippen LogP contribution in [0.3, 0.4) is 0 Å². The van der Waals surface area contributed by atoms with Crippen molar-refractivity contribution in [2.45, 2.75) is 32.2 Å². The number of hydrogen-bond donors (Lipinski definition) is 0. The average Bonchev–Trinajstić information content (AvgIpc) is 3.31. The zero-order valence-corrected chi connectivity index (χ0v) is 14.9. The summed E-state index contributed by atoms with van der Waals surface area (Å²) in [5.74, 6) is 0.805. The van der Waals surface area contributed by atoms with Gasteiger partial charge in [0.25, 0.3) is 5.91 Å². The average molecular weight is 343 g/mol. The van der Waals surface area contributed by atoms with Crippen LogP contribution in [0.5, 0.6) is 0 Å². The lowest BCUT2D eigenvalue weighted by Crippen LogP contribution is -2.37. The van der Waals surface area contributed by atoms with Gasteiger partial charge in [-0.15, -0.1) is 0 Å². The molecule has 4 nitrogen and oxygen atoms in total. The van der Waals surface area contributed by atoms with Crippen LogP contribution in [0.2, 0.25) is 0 Å². The molecule has 0 unspecified atom stereocenters. The van der Waals surface area contributed by atoms with E-state index in [4.69, 9.17) is 0 Å². The lowest BCUT2D eigenvalue weighted by atomic mass is 10.0. The minimum atomic E-state index is 0.115. The Morgan fingerprint density at radius 1 is 1.15 bits per heavy atom. The fourth-order valence-corrected chi connectivity index (χ4v) is 4.58. The molecule has 3 heterocycles. The Morgan fingerprint density at radius 2 is 2.08 bits per heavy atom. The number of para-hydroxylation sites is 1. The Hall–Kier alpha value is -2.75. The molecule has 3 aromatic rings. The molecule has 0 spiro atoms. The van der Waals surface area contributed by atoms with E-state index in [0.717, 1.165) is 47.1 Å². The first-order chi connectivity index (χ1) is 12.7. The first-order valence-corrected chi connectivity index (χ1v) is 9.32. The minimum absolute atomic E-state index is 0.115. The smallest absolute Gasteiger partial charge is 0.256 e. The second kappa shape index (κ2) is 5.90. The van der Waals surface area contributed by atoms with Crippen LogP contribution in [0.25, 0.3) is 22.2 Å². The van der Waals surface area contributed by atoms with Crippen LogP contribution < -0.4 is 0 Å². The summed E-state index contributed by atoms with van der Waals surface area (Å²) >= 11 is 0. The summed E-state index contributed by atoms with van der Waals surface area (Å²) in [5.41, 5.74) is 4.47. The number of nitrogens with zero attached hydrogens (tertiary/aromatic N) is 3. The number of likely N-dealkylation sites (tertiary alicyclic amines) is 1. The maximum Gasteiger partial charge on any atom is 0.256 e. The molecule has 2 aliphatic rings. The molecular formula is C22H21N3O. The minimum Gasteiger partial charge on any atom is -0.335 e. The highest BCUT2D eigenvalue weighted by Gasteiger charge is 2.41. The fourth-order valence-electron chi connectivity index (χ4n) is 4.58. The number of amides is 1. The number of aromatic nitrogens is 2.